The van der Waals surface area contributed by atoms with Crippen LogP contribution in [0.25, 0.3) is 11.1 Å². The molecule has 0 radical (unpaired) electrons. The van der Waals surface area contributed by atoms with Crippen molar-refractivity contribution in [2.75, 3.05) is 0 Å². The second-order valence-electron chi connectivity index (χ2n) is 6.00. The van der Waals surface area contributed by atoms with Crippen molar-refractivity contribution in [1.82, 2.24) is 15.3 Å². The number of benzene rings is 1. The van der Waals surface area contributed by atoms with Gasteiger partial charge in [-0.1, -0.05) is 37.6 Å². The van der Waals surface area contributed by atoms with Gasteiger partial charge in [0.25, 0.3) is 11.5 Å². The lowest BCUT2D eigenvalue weighted by Crippen LogP contribution is -2.25. The van der Waals surface area contributed by atoms with Gasteiger partial charge < -0.3 is 14.7 Å². The molecule has 25 heavy (non-hydrogen) atoms. The zero-order chi connectivity index (χ0) is 17.8. The summed E-state index contributed by atoms with van der Waals surface area (Å²) in [7, 11) is 0. The van der Waals surface area contributed by atoms with E-state index in [4.69, 9.17) is 4.42 Å². The first-order chi connectivity index (χ1) is 12.1. The maximum absolute atomic E-state index is 12.6. The number of furan rings is 1. The minimum atomic E-state index is -0.379. The van der Waals surface area contributed by atoms with Gasteiger partial charge in [-0.15, -0.1) is 0 Å². The number of nitrogens with zero attached hydrogens (tertiary/aromatic N) is 1. The number of hydrogen-bond donors (Lipinski definition) is 2. The van der Waals surface area contributed by atoms with Crippen LogP contribution in [0.4, 0.5) is 0 Å². The van der Waals surface area contributed by atoms with Crippen LogP contribution in [-0.2, 0) is 13.0 Å². The van der Waals surface area contributed by atoms with E-state index in [1.54, 1.807) is 6.92 Å². The Morgan fingerprint density at radius 2 is 2.04 bits per heavy atom. The normalized spacial score (nSPS) is 11.0. The number of fused-ring (bicyclic) bond motifs is 1. The topological polar surface area (TPSA) is 88.0 Å². The Morgan fingerprint density at radius 1 is 1.28 bits per heavy atom. The van der Waals surface area contributed by atoms with E-state index in [1.807, 2.05) is 18.2 Å². The summed E-state index contributed by atoms with van der Waals surface area (Å²) in [6.45, 7) is 4.22. The molecule has 6 nitrogen and oxygen atoms in total. The molecule has 0 bridgehead atoms. The van der Waals surface area contributed by atoms with Crippen molar-refractivity contribution in [3.8, 4) is 0 Å². The van der Waals surface area contributed by atoms with Crippen LogP contribution >= 0.6 is 0 Å². The third-order valence-electron chi connectivity index (χ3n) is 4.25. The number of aromatic nitrogens is 2. The molecule has 2 aromatic heterocycles. The van der Waals surface area contributed by atoms with E-state index in [1.165, 1.54) is 11.9 Å². The molecule has 0 aliphatic heterocycles. The van der Waals surface area contributed by atoms with E-state index < -0.39 is 0 Å². The van der Waals surface area contributed by atoms with E-state index in [-0.39, 0.29) is 28.1 Å². The first-order valence-corrected chi connectivity index (χ1v) is 8.43. The Bertz CT molecular complexity index is 956. The molecule has 2 N–H and O–H groups in total. The van der Waals surface area contributed by atoms with Gasteiger partial charge in [-0.3, -0.25) is 9.59 Å². The molecule has 3 rings (SSSR count). The molecule has 0 unspecified atom stereocenters. The van der Waals surface area contributed by atoms with Gasteiger partial charge in [0.05, 0.1) is 11.9 Å². The van der Waals surface area contributed by atoms with Crippen LogP contribution in [0, 0.1) is 6.92 Å². The molecule has 1 aromatic carbocycles. The van der Waals surface area contributed by atoms with Crippen molar-refractivity contribution >= 4 is 17.0 Å². The molecule has 0 saturated heterocycles. The van der Waals surface area contributed by atoms with E-state index in [9.17, 15) is 9.59 Å². The summed E-state index contributed by atoms with van der Waals surface area (Å²) in [5.41, 5.74) is 2.36. The van der Waals surface area contributed by atoms with E-state index in [0.717, 1.165) is 24.8 Å². The quantitative estimate of drug-likeness (QED) is 0.722. The fourth-order valence-electron chi connectivity index (χ4n) is 2.93. The van der Waals surface area contributed by atoms with Crippen molar-refractivity contribution < 1.29 is 9.21 Å². The Labute approximate surface area is 145 Å². The van der Waals surface area contributed by atoms with Crippen molar-refractivity contribution in [3.63, 3.8) is 0 Å². The van der Waals surface area contributed by atoms with Crippen molar-refractivity contribution in [2.45, 2.75) is 39.7 Å². The number of H-pyrrole nitrogens is 1. The number of aromatic amines is 1. The summed E-state index contributed by atoms with van der Waals surface area (Å²) in [4.78, 5) is 31.1. The zero-order valence-electron chi connectivity index (χ0n) is 14.4. The third-order valence-corrected chi connectivity index (χ3v) is 4.25. The Hall–Kier alpha value is -2.89. The molecule has 3 aromatic rings. The number of hydrogen-bond acceptors (Lipinski definition) is 4. The molecule has 0 spiro atoms. The average Bonchev–Trinajstić information content (AvgIpc) is 2.96. The molecule has 0 saturated carbocycles. The zero-order valence-corrected chi connectivity index (χ0v) is 14.4. The van der Waals surface area contributed by atoms with Crippen LogP contribution in [0.5, 0.6) is 0 Å². The highest BCUT2D eigenvalue weighted by Crippen LogP contribution is 2.20. The van der Waals surface area contributed by atoms with E-state index in [0.29, 0.717) is 12.3 Å². The summed E-state index contributed by atoms with van der Waals surface area (Å²) in [5.74, 6) is 0.0519. The monoisotopic (exact) mass is 339 g/mol. The Balaban J connectivity index is 1.83. The van der Waals surface area contributed by atoms with Gasteiger partial charge in [0.1, 0.15) is 11.1 Å². The highest BCUT2D eigenvalue weighted by Gasteiger charge is 2.21. The fraction of sp³-hybridized carbons (Fsp3) is 0.316. The SMILES string of the molecule is CCCCc1ccccc1CNC(=O)c1c(C)oc2nc[nH]c(=O)c12. The molecule has 6 heteroatoms. The lowest BCUT2D eigenvalue weighted by atomic mass is 10.0. The average molecular weight is 339 g/mol. The summed E-state index contributed by atoms with van der Waals surface area (Å²) in [5, 5.41) is 3.09. The van der Waals surface area contributed by atoms with Crippen LogP contribution < -0.4 is 10.9 Å². The van der Waals surface area contributed by atoms with Crippen LogP contribution in [0.2, 0.25) is 0 Å². The minimum absolute atomic E-state index is 0.176. The maximum Gasteiger partial charge on any atom is 0.262 e. The first kappa shape index (κ1) is 17.0. The van der Waals surface area contributed by atoms with Gasteiger partial charge >= 0.3 is 0 Å². The Morgan fingerprint density at radius 3 is 2.80 bits per heavy atom. The predicted molar refractivity (Wildman–Crippen MR) is 95.6 cm³/mol. The summed E-state index contributed by atoms with van der Waals surface area (Å²) in [6.07, 6.45) is 4.48. The number of carbonyl (C=O) groups excluding carboxylic acids is 1. The Kier molecular flexibility index (Phi) is 4.97. The van der Waals surface area contributed by atoms with Crippen LogP contribution in [-0.4, -0.2) is 15.9 Å². The summed E-state index contributed by atoms with van der Waals surface area (Å²) in [6, 6.07) is 8.07. The van der Waals surface area contributed by atoms with E-state index >= 15 is 0 Å². The molecule has 1 amide bonds. The number of unbranched alkanes of at least 4 members (excludes halogenated alkanes) is 1. The predicted octanol–water partition coefficient (Wildman–Crippen LogP) is 3.10. The number of aryl methyl sites for hydroxylation is 2. The lowest BCUT2D eigenvalue weighted by molar-refractivity contribution is 0.0950. The highest BCUT2D eigenvalue weighted by atomic mass is 16.3. The van der Waals surface area contributed by atoms with E-state index in [2.05, 4.69) is 28.3 Å². The molecule has 0 aliphatic carbocycles. The molecule has 0 aliphatic rings. The van der Waals surface area contributed by atoms with Crippen molar-refractivity contribution in [2.24, 2.45) is 0 Å². The largest absolute Gasteiger partial charge is 0.442 e. The van der Waals surface area contributed by atoms with Crippen LogP contribution in [0.1, 0.15) is 47.0 Å². The standard InChI is InChI=1S/C19H21N3O3/c1-3-4-7-13-8-5-6-9-14(13)10-20-17(23)15-12(2)25-19-16(15)18(24)21-11-22-19/h5-6,8-9,11H,3-4,7,10H2,1-2H3,(H,20,23)(H,21,22,24). The molecular formula is C19H21N3O3. The third kappa shape index (κ3) is 3.47. The fourth-order valence-corrected chi connectivity index (χ4v) is 2.93. The van der Waals surface area contributed by atoms with Crippen molar-refractivity contribution in [1.29, 1.82) is 0 Å². The molecule has 0 fully saturated rings. The minimum Gasteiger partial charge on any atom is -0.442 e. The molecule has 2 heterocycles. The van der Waals surface area contributed by atoms with Gasteiger partial charge in [-0.25, -0.2) is 4.98 Å². The summed E-state index contributed by atoms with van der Waals surface area (Å²) >= 11 is 0. The maximum atomic E-state index is 12.6. The van der Waals surface area contributed by atoms with Gasteiger partial charge in [0, 0.05) is 6.54 Å². The number of amides is 1. The smallest absolute Gasteiger partial charge is 0.262 e. The first-order valence-electron chi connectivity index (χ1n) is 8.43. The second-order valence-corrected chi connectivity index (χ2v) is 6.00. The van der Waals surface area contributed by atoms with Gasteiger partial charge in [0.15, 0.2) is 0 Å². The van der Waals surface area contributed by atoms with Crippen LogP contribution in [0.15, 0.2) is 39.8 Å². The molecule has 130 valence electrons. The molecule has 0 atom stereocenters. The molecular weight excluding hydrogens is 318 g/mol. The second kappa shape index (κ2) is 7.34. The number of rotatable bonds is 6. The van der Waals surface area contributed by atoms with Gasteiger partial charge in [-0.2, -0.15) is 0 Å². The summed E-state index contributed by atoms with van der Waals surface area (Å²) < 4.78 is 5.44. The van der Waals surface area contributed by atoms with Crippen LogP contribution in [0.3, 0.4) is 0 Å². The van der Waals surface area contributed by atoms with Gasteiger partial charge in [-0.05, 0) is 30.9 Å². The highest BCUT2D eigenvalue weighted by molar-refractivity contribution is 6.06. The number of carbonyl (C=O) groups is 1. The lowest BCUT2D eigenvalue weighted by Gasteiger charge is -2.10. The van der Waals surface area contributed by atoms with Gasteiger partial charge in [0.2, 0.25) is 5.71 Å². The van der Waals surface area contributed by atoms with Crippen molar-refractivity contribution in [3.05, 3.63) is 63.4 Å². The number of nitrogens with one attached hydrogen (secondary N) is 2.